The van der Waals surface area contributed by atoms with Gasteiger partial charge in [0.15, 0.2) is 5.65 Å². The van der Waals surface area contributed by atoms with Gasteiger partial charge in [0.2, 0.25) is 5.88 Å². The zero-order valence-corrected chi connectivity index (χ0v) is 13.4. The summed E-state index contributed by atoms with van der Waals surface area (Å²) in [5, 5.41) is 5.38. The Morgan fingerprint density at radius 3 is 2.73 bits per heavy atom. The van der Waals surface area contributed by atoms with Crippen LogP contribution in [0.2, 0.25) is 0 Å². The molecule has 22 heavy (non-hydrogen) atoms. The molecule has 7 heteroatoms. The van der Waals surface area contributed by atoms with E-state index < -0.39 is 0 Å². The lowest BCUT2D eigenvalue weighted by Gasteiger charge is -2.33. The topological polar surface area (TPSA) is 65.3 Å². The summed E-state index contributed by atoms with van der Waals surface area (Å²) in [6, 6.07) is 0.535. The SMILES string of the molecule is Cc1nc2c3c(nn(C)c3n1)OCC(C)N2C1COC(C)C1. The Morgan fingerprint density at radius 1 is 1.18 bits per heavy atom. The first-order valence-electron chi connectivity index (χ1n) is 7.78. The highest BCUT2D eigenvalue weighted by molar-refractivity contribution is 5.93. The number of ether oxygens (including phenoxy) is 2. The molecule has 0 N–H and O–H groups in total. The molecule has 7 nitrogen and oxygen atoms in total. The van der Waals surface area contributed by atoms with Crippen LogP contribution >= 0.6 is 0 Å². The molecular formula is C15H21N5O2. The van der Waals surface area contributed by atoms with Crippen LogP contribution in [0.15, 0.2) is 0 Å². The molecule has 4 rings (SSSR count). The summed E-state index contributed by atoms with van der Waals surface area (Å²) in [4.78, 5) is 11.6. The minimum absolute atomic E-state index is 0.218. The summed E-state index contributed by atoms with van der Waals surface area (Å²) in [6.07, 6.45) is 1.29. The fraction of sp³-hybridized carbons (Fsp3) is 0.667. The summed E-state index contributed by atoms with van der Waals surface area (Å²) in [7, 11) is 1.89. The van der Waals surface area contributed by atoms with E-state index in [0.717, 1.165) is 35.7 Å². The Balaban J connectivity index is 1.92. The van der Waals surface area contributed by atoms with E-state index in [1.165, 1.54) is 0 Å². The van der Waals surface area contributed by atoms with E-state index in [1.54, 1.807) is 4.68 Å². The summed E-state index contributed by atoms with van der Waals surface area (Å²) in [5.74, 6) is 2.32. The smallest absolute Gasteiger partial charge is 0.246 e. The Labute approximate surface area is 129 Å². The molecule has 0 aromatic carbocycles. The maximum Gasteiger partial charge on any atom is 0.246 e. The number of hydrogen-bond donors (Lipinski definition) is 0. The molecule has 118 valence electrons. The second kappa shape index (κ2) is 4.81. The molecule has 2 aliphatic rings. The van der Waals surface area contributed by atoms with Gasteiger partial charge in [-0.1, -0.05) is 0 Å². The van der Waals surface area contributed by atoms with Crippen molar-refractivity contribution < 1.29 is 9.47 Å². The molecule has 2 aromatic heterocycles. The van der Waals surface area contributed by atoms with E-state index in [1.807, 2.05) is 14.0 Å². The highest BCUT2D eigenvalue weighted by atomic mass is 16.5. The number of rotatable bonds is 1. The third-order valence-corrected chi connectivity index (χ3v) is 4.50. The average Bonchev–Trinajstić information content (AvgIpc) is 2.98. The van der Waals surface area contributed by atoms with Gasteiger partial charge in [0, 0.05) is 7.05 Å². The molecule has 0 saturated carbocycles. The first-order valence-corrected chi connectivity index (χ1v) is 7.78. The molecule has 0 radical (unpaired) electrons. The largest absolute Gasteiger partial charge is 0.474 e. The standard InChI is InChI=1S/C15H21N5O2/c1-8-6-22-15-12-13(19(4)18-15)16-10(3)17-14(12)20(8)11-5-9(2)21-7-11/h8-9,11H,5-7H2,1-4H3. The zero-order valence-electron chi connectivity index (χ0n) is 13.4. The molecule has 0 amide bonds. The van der Waals surface area contributed by atoms with Crippen LogP contribution in [0.25, 0.3) is 11.0 Å². The van der Waals surface area contributed by atoms with Gasteiger partial charge >= 0.3 is 0 Å². The Morgan fingerprint density at radius 2 is 2.00 bits per heavy atom. The van der Waals surface area contributed by atoms with E-state index in [9.17, 15) is 0 Å². The third-order valence-electron chi connectivity index (χ3n) is 4.50. The van der Waals surface area contributed by atoms with Crippen LogP contribution in [-0.4, -0.2) is 51.1 Å². The van der Waals surface area contributed by atoms with Crippen molar-refractivity contribution in [3.05, 3.63) is 5.82 Å². The van der Waals surface area contributed by atoms with Gasteiger partial charge in [-0.2, -0.15) is 0 Å². The molecule has 1 saturated heterocycles. The average molecular weight is 303 g/mol. The summed E-state index contributed by atoms with van der Waals surface area (Å²) < 4.78 is 13.5. The van der Waals surface area contributed by atoms with Gasteiger partial charge in [-0.3, -0.25) is 0 Å². The highest BCUT2D eigenvalue weighted by Crippen LogP contribution is 2.37. The van der Waals surface area contributed by atoms with E-state index in [0.29, 0.717) is 18.5 Å². The zero-order chi connectivity index (χ0) is 15.4. The lowest BCUT2D eigenvalue weighted by atomic mass is 10.1. The van der Waals surface area contributed by atoms with Gasteiger partial charge in [0.25, 0.3) is 0 Å². The van der Waals surface area contributed by atoms with Crippen LogP contribution in [0.5, 0.6) is 5.88 Å². The van der Waals surface area contributed by atoms with Gasteiger partial charge in [0.05, 0.1) is 24.8 Å². The van der Waals surface area contributed by atoms with Crippen molar-refractivity contribution in [2.45, 2.75) is 45.4 Å². The molecule has 2 aromatic rings. The minimum atomic E-state index is 0.218. The molecule has 3 atom stereocenters. The fourth-order valence-corrected chi connectivity index (χ4v) is 3.50. The van der Waals surface area contributed by atoms with Crippen molar-refractivity contribution in [3.63, 3.8) is 0 Å². The molecule has 0 bridgehead atoms. The van der Waals surface area contributed by atoms with E-state index >= 15 is 0 Å². The van der Waals surface area contributed by atoms with Crippen molar-refractivity contribution >= 4 is 16.9 Å². The van der Waals surface area contributed by atoms with Crippen molar-refractivity contribution in [2.75, 3.05) is 18.1 Å². The summed E-state index contributed by atoms with van der Waals surface area (Å²) in [6.45, 7) is 7.52. The van der Waals surface area contributed by atoms with Crippen LogP contribution < -0.4 is 9.64 Å². The van der Waals surface area contributed by atoms with Crippen molar-refractivity contribution in [1.29, 1.82) is 0 Å². The van der Waals surface area contributed by atoms with Crippen LogP contribution in [-0.2, 0) is 11.8 Å². The van der Waals surface area contributed by atoms with Crippen LogP contribution in [0.1, 0.15) is 26.1 Å². The molecule has 3 unspecified atom stereocenters. The first-order chi connectivity index (χ1) is 10.5. The van der Waals surface area contributed by atoms with Crippen molar-refractivity contribution in [1.82, 2.24) is 19.7 Å². The van der Waals surface area contributed by atoms with Gasteiger partial charge in [0.1, 0.15) is 23.6 Å². The molecule has 1 fully saturated rings. The number of aryl methyl sites for hydroxylation is 2. The van der Waals surface area contributed by atoms with Crippen molar-refractivity contribution in [2.24, 2.45) is 7.05 Å². The highest BCUT2D eigenvalue weighted by Gasteiger charge is 2.36. The number of aromatic nitrogens is 4. The monoisotopic (exact) mass is 303 g/mol. The number of nitrogens with zero attached hydrogens (tertiary/aromatic N) is 5. The van der Waals surface area contributed by atoms with Crippen LogP contribution in [0, 0.1) is 6.92 Å². The molecular weight excluding hydrogens is 282 g/mol. The van der Waals surface area contributed by atoms with Crippen LogP contribution in [0.3, 0.4) is 0 Å². The number of hydrogen-bond acceptors (Lipinski definition) is 6. The quantitative estimate of drug-likeness (QED) is 0.794. The molecule has 4 heterocycles. The van der Waals surface area contributed by atoms with E-state index in [-0.39, 0.29) is 12.1 Å². The minimum Gasteiger partial charge on any atom is -0.474 e. The maximum absolute atomic E-state index is 5.92. The maximum atomic E-state index is 5.92. The molecule has 0 spiro atoms. The summed E-state index contributed by atoms with van der Waals surface area (Å²) >= 11 is 0. The molecule has 2 aliphatic heterocycles. The van der Waals surface area contributed by atoms with E-state index in [2.05, 4.69) is 28.8 Å². The summed E-state index contributed by atoms with van der Waals surface area (Å²) in [5.41, 5.74) is 0.823. The first kappa shape index (κ1) is 13.8. The van der Waals surface area contributed by atoms with Gasteiger partial charge < -0.3 is 14.4 Å². The Bertz CT molecular complexity index is 728. The van der Waals surface area contributed by atoms with Gasteiger partial charge in [-0.15, -0.1) is 5.10 Å². The van der Waals surface area contributed by atoms with Gasteiger partial charge in [-0.25, -0.2) is 14.6 Å². The molecule has 0 aliphatic carbocycles. The predicted octanol–water partition coefficient (Wildman–Crippen LogP) is 1.44. The number of anilines is 1. The Kier molecular flexibility index (Phi) is 3.00. The predicted molar refractivity (Wildman–Crippen MR) is 82.3 cm³/mol. The van der Waals surface area contributed by atoms with Crippen molar-refractivity contribution in [3.8, 4) is 5.88 Å². The lowest BCUT2D eigenvalue weighted by Crippen LogP contribution is -2.45. The Hall–Kier alpha value is -1.89. The normalized spacial score (nSPS) is 28.0. The third kappa shape index (κ3) is 1.95. The lowest BCUT2D eigenvalue weighted by molar-refractivity contribution is 0.122. The fourth-order valence-electron chi connectivity index (χ4n) is 3.50. The second-order valence-corrected chi connectivity index (χ2v) is 6.32. The second-order valence-electron chi connectivity index (χ2n) is 6.32. The van der Waals surface area contributed by atoms with Gasteiger partial charge in [-0.05, 0) is 27.2 Å². The van der Waals surface area contributed by atoms with E-state index in [4.69, 9.17) is 14.5 Å². The van der Waals surface area contributed by atoms with Crippen LogP contribution in [0.4, 0.5) is 5.82 Å².